The molecule has 0 bridgehead atoms. The van der Waals surface area contributed by atoms with Gasteiger partial charge in [0.1, 0.15) is 17.8 Å². The molecule has 1 amide bonds. The molecule has 31 heavy (non-hydrogen) atoms. The number of nitrogens with zero attached hydrogens (tertiary/aromatic N) is 2. The van der Waals surface area contributed by atoms with Crippen LogP contribution in [0.5, 0.6) is 11.5 Å². The van der Waals surface area contributed by atoms with Crippen LogP contribution in [-0.2, 0) is 0 Å². The Kier molecular flexibility index (Phi) is 5.60. The van der Waals surface area contributed by atoms with Gasteiger partial charge in [-0.05, 0) is 48.5 Å². The lowest BCUT2D eigenvalue weighted by atomic mass is 10.1. The number of halogens is 1. The Morgan fingerprint density at radius 2 is 1.87 bits per heavy atom. The van der Waals surface area contributed by atoms with E-state index in [9.17, 15) is 9.59 Å². The van der Waals surface area contributed by atoms with Gasteiger partial charge in [0.05, 0.1) is 36.5 Å². The molecular formula is C23H18ClN3O4. The normalized spacial score (nSPS) is 10.7. The summed E-state index contributed by atoms with van der Waals surface area (Å²) < 4.78 is 11.9. The zero-order chi connectivity index (χ0) is 22.0. The zero-order valence-corrected chi connectivity index (χ0v) is 17.5. The smallest absolute Gasteiger partial charge is 0.265 e. The van der Waals surface area contributed by atoms with Crippen LogP contribution in [-0.4, -0.2) is 29.7 Å². The molecule has 3 aromatic carbocycles. The van der Waals surface area contributed by atoms with Gasteiger partial charge >= 0.3 is 0 Å². The van der Waals surface area contributed by atoms with Crippen molar-refractivity contribution in [3.05, 3.63) is 87.9 Å². The summed E-state index contributed by atoms with van der Waals surface area (Å²) >= 11 is 6.03. The topological polar surface area (TPSA) is 82.5 Å². The Labute approximate surface area is 182 Å². The lowest BCUT2D eigenvalue weighted by Crippen LogP contribution is -2.19. The van der Waals surface area contributed by atoms with Crippen molar-refractivity contribution in [1.82, 2.24) is 9.55 Å². The molecule has 0 atom stereocenters. The summed E-state index contributed by atoms with van der Waals surface area (Å²) in [5.41, 5.74) is 1.63. The summed E-state index contributed by atoms with van der Waals surface area (Å²) in [7, 11) is 3.06. The van der Waals surface area contributed by atoms with Gasteiger partial charge in [0.15, 0.2) is 0 Å². The Bertz CT molecular complexity index is 1350. The highest BCUT2D eigenvalue weighted by Crippen LogP contribution is 2.29. The van der Waals surface area contributed by atoms with Gasteiger partial charge in [-0.2, -0.15) is 0 Å². The number of methoxy groups -OCH3 is 2. The standard InChI is InChI=1S/C23H18ClN3O4/c1-30-17-7-9-19(21(12-17)31-2)26-22(28)14-6-8-18-20(10-14)25-13-27(23(18)29)16-5-3-4-15(24)11-16/h3-13H,1-2H3,(H,26,28). The van der Waals surface area contributed by atoms with Crippen molar-refractivity contribution < 1.29 is 14.3 Å². The first-order valence-electron chi connectivity index (χ1n) is 9.31. The van der Waals surface area contributed by atoms with Crippen molar-refractivity contribution in [2.75, 3.05) is 19.5 Å². The second kappa shape index (κ2) is 8.49. The van der Waals surface area contributed by atoms with Crippen LogP contribution in [0.15, 0.2) is 71.8 Å². The van der Waals surface area contributed by atoms with E-state index < -0.39 is 0 Å². The van der Waals surface area contributed by atoms with Crippen molar-refractivity contribution in [1.29, 1.82) is 0 Å². The predicted molar refractivity (Wildman–Crippen MR) is 120 cm³/mol. The largest absolute Gasteiger partial charge is 0.497 e. The minimum Gasteiger partial charge on any atom is -0.497 e. The third-order valence-electron chi connectivity index (χ3n) is 4.76. The molecule has 1 heterocycles. The lowest BCUT2D eigenvalue weighted by Gasteiger charge is -2.12. The number of rotatable bonds is 5. The average molecular weight is 436 g/mol. The molecule has 1 N–H and O–H groups in total. The van der Waals surface area contributed by atoms with Crippen LogP contribution in [0, 0.1) is 0 Å². The SMILES string of the molecule is COc1ccc(NC(=O)c2ccc3c(=O)n(-c4cccc(Cl)c4)cnc3c2)c(OC)c1. The third kappa shape index (κ3) is 4.08. The number of benzene rings is 3. The van der Waals surface area contributed by atoms with E-state index >= 15 is 0 Å². The number of ether oxygens (including phenoxy) is 2. The number of hydrogen-bond acceptors (Lipinski definition) is 5. The van der Waals surface area contributed by atoms with Crippen molar-refractivity contribution >= 4 is 34.1 Å². The van der Waals surface area contributed by atoms with E-state index in [2.05, 4.69) is 10.3 Å². The van der Waals surface area contributed by atoms with Gasteiger partial charge < -0.3 is 14.8 Å². The first-order valence-corrected chi connectivity index (χ1v) is 9.68. The highest BCUT2D eigenvalue weighted by atomic mass is 35.5. The second-order valence-corrected chi connectivity index (χ2v) is 7.09. The molecule has 8 heteroatoms. The Hall–Kier alpha value is -3.84. The number of aromatic nitrogens is 2. The highest BCUT2D eigenvalue weighted by Gasteiger charge is 2.13. The van der Waals surface area contributed by atoms with Gasteiger partial charge in [0, 0.05) is 16.7 Å². The summed E-state index contributed by atoms with van der Waals surface area (Å²) in [6.45, 7) is 0. The fourth-order valence-corrected chi connectivity index (χ4v) is 3.35. The molecule has 4 rings (SSSR count). The molecule has 7 nitrogen and oxygen atoms in total. The molecule has 0 aliphatic rings. The molecule has 0 spiro atoms. The molecule has 156 valence electrons. The van der Waals surface area contributed by atoms with E-state index in [0.29, 0.717) is 44.4 Å². The number of nitrogens with one attached hydrogen (secondary N) is 1. The summed E-state index contributed by atoms with van der Waals surface area (Å²) in [6.07, 6.45) is 1.42. The van der Waals surface area contributed by atoms with Crippen LogP contribution in [0.4, 0.5) is 5.69 Å². The van der Waals surface area contributed by atoms with E-state index in [1.807, 2.05) is 0 Å². The van der Waals surface area contributed by atoms with E-state index in [4.69, 9.17) is 21.1 Å². The molecule has 0 fully saturated rings. The first kappa shape index (κ1) is 20.4. The Morgan fingerprint density at radius 1 is 1.03 bits per heavy atom. The molecule has 0 aliphatic heterocycles. The summed E-state index contributed by atoms with van der Waals surface area (Å²) in [5.74, 6) is 0.725. The maximum Gasteiger partial charge on any atom is 0.265 e. The minimum atomic E-state index is -0.355. The molecule has 0 saturated carbocycles. The maximum absolute atomic E-state index is 12.9. The first-order chi connectivity index (χ1) is 15.0. The summed E-state index contributed by atoms with van der Waals surface area (Å²) in [4.78, 5) is 30.0. The van der Waals surface area contributed by atoms with Crippen molar-refractivity contribution in [2.24, 2.45) is 0 Å². The number of carbonyl (C=O) groups is 1. The van der Waals surface area contributed by atoms with Crippen LogP contribution >= 0.6 is 11.6 Å². The monoisotopic (exact) mass is 435 g/mol. The van der Waals surface area contributed by atoms with Crippen molar-refractivity contribution in [3.63, 3.8) is 0 Å². The number of amides is 1. The average Bonchev–Trinajstić information content (AvgIpc) is 2.79. The molecule has 1 aromatic heterocycles. The Morgan fingerprint density at radius 3 is 2.61 bits per heavy atom. The molecular weight excluding hydrogens is 418 g/mol. The van der Waals surface area contributed by atoms with Gasteiger partial charge in [0.2, 0.25) is 0 Å². The van der Waals surface area contributed by atoms with Crippen LogP contribution in [0.1, 0.15) is 10.4 Å². The number of anilines is 1. The minimum absolute atomic E-state index is 0.254. The van der Waals surface area contributed by atoms with E-state index in [1.54, 1.807) is 67.8 Å². The zero-order valence-electron chi connectivity index (χ0n) is 16.8. The summed E-state index contributed by atoms with van der Waals surface area (Å²) in [6, 6.07) is 16.8. The van der Waals surface area contributed by atoms with Crippen molar-refractivity contribution in [3.8, 4) is 17.2 Å². The highest BCUT2D eigenvalue weighted by molar-refractivity contribution is 6.30. The fraction of sp³-hybridized carbons (Fsp3) is 0.0870. The van der Waals surface area contributed by atoms with Crippen LogP contribution in [0.2, 0.25) is 5.02 Å². The van der Waals surface area contributed by atoms with E-state index in [0.717, 1.165) is 0 Å². The van der Waals surface area contributed by atoms with E-state index in [-0.39, 0.29) is 11.5 Å². The lowest BCUT2D eigenvalue weighted by molar-refractivity contribution is 0.102. The molecule has 0 saturated heterocycles. The van der Waals surface area contributed by atoms with Gasteiger partial charge in [0.25, 0.3) is 11.5 Å². The predicted octanol–water partition coefficient (Wildman–Crippen LogP) is 4.31. The maximum atomic E-state index is 12.9. The Balaban J connectivity index is 1.66. The molecule has 0 radical (unpaired) electrons. The second-order valence-electron chi connectivity index (χ2n) is 6.65. The van der Waals surface area contributed by atoms with Crippen LogP contribution in [0.3, 0.4) is 0 Å². The van der Waals surface area contributed by atoms with E-state index in [1.165, 1.54) is 18.0 Å². The van der Waals surface area contributed by atoms with Crippen LogP contribution < -0.4 is 20.3 Å². The van der Waals surface area contributed by atoms with Crippen LogP contribution in [0.25, 0.3) is 16.6 Å². The third-order valence-corrected chi connectivity index (χ3v) is 5.00. The molecule has 4 aromatic rings. The molecule has 0 aliphatic carbocycles. The van der Waals surface area contributed by atoms with Gasteiger partial charge in [-0.25, -0.2) is 4.98 Å². The summed E-state index contributed by atoms with van der Waals surface area (Å²) in [5, 5.41) is 3.72. The quantitative estimate of drug-likeness (QED) is 0.505. The number of fused-ring (bicyclic) bond motifs is 1. The van der Waals surface area contributed by atoms with Crippen molar-refractivity contribution in [2.45, 2.75) is 0 Å². The van der Waals surface area contributed by atoms with Gasteiger partial charge in [-0.1, -0.05) is 17.7 Å². The number of carbonyl (C=O) groups excluding carboxylic acids is 1. The number of hydrogen-bond donors (Lipinski definition) is 1. The van der Waals surface area contributed by atoms with Gasteiger partial charge in [-0.15, -0.1) is 0 Å². The van der Waals surface area contributed by atoms with Gasteiger partial charge in [-0.3, -0.25) is 14.2 Å². The molecule has 0 unspecified atom stereocenters. The fourth-order valence-electron chi connectivity index (χ4n) is 3.17.